The van der Waals surface area contributed by atoms with Crippen LogP contribution in [-0.2, 0) is 0 Å². The summed E-state index contributed by atoms with van der Waals surface area (Å²) in [5.74, 6) is 0.620. The first-order valence-corrected chi connectivity index (χ1v) is 8.32. The Balaban J connectivity index is 2.26. The largest absolute Gasteiger partial charge is 0.0843 e. The Morgan fingerprint density at radius 3 is 2.20 bits per heavy atom. The number of rotatable bonds is 4. The van der Waals surface area contributed by atoms with Gasteiger partial charge in [0, 0.05) is 5.02 Å². The van der Waals surface area contributed by atoms with Crippen LogP contribution < -0.4 is 0 Å². The van der Waals surface area contributed by atoms with Crippen molar-refractivity contribution in [3.05, 3.63) is 69.7 Å². The van der Waals surface area contributed by atoms with E-state index in [0.29, 0.717) is 5.92 Å². The minimum absolute atomic E-state index is 0.214. The van der Waals surface area contributed by atoms with E-state index in [2.05, 4.69) is 67.0 Å². The van der Waals surface area contributed by atoms with Crippen LogP contribution in [0.4, 0.5) is 0 Å². The molecule has 2 aromatic carbocycles. The average Bonchev–Trinajstić information content (AvgIpc) is 2.46. The van der Waals surface area contributed by atoms with Crippen LogP contribution in [0.1, 0.15) is 53.3 Å². The van der Waals surface area contributed by atoms with Gasteiger partial charge in [-0.2, -0.15) is 0 Å². The molecule has 20 heavy (non-hydrogen) atoms. The maximum Gasteiger partial charge on any atom is 0.0647 e. The predicted octanol–water partition coefficient (Wildman–Crippen LogP) is 6.65. The Hall–Kier alpha value is -0.790. The zero-order chi connectivity index (χ0) is 14.7. The molecule has 0 nitrogen and oxygen atoms in total. The van der Waals surface area contributed by atoms with E-state index in [0.717, 1.165) is 5.02 Å². The van der Waals surface area contributed by atoms with Gasteiger partial charge in [-0.1, -0.05) is 71.7 Å². The molecule has 0 fully saturated rings. The molecule has 2 heteroatoms. The summed E-state index contributed by atoms with van der Waals surface area (Å²) in [4.78, 5) is 0.214. The molecule has 0 N–H and O–H groups in total. The average molecular weight is 352 g/mol. The third-order valence-corrected chi connectivity index (χ3v) is 5.17. The number of aryl methyl sites for hydroxylation is 1. The minimum atomic E-state index is 0.214. The van der Waals surface area contributed by atoms with Crippen molar-refractivity contribution >= 4 is 27.5 Å². The van der Waals surface area contributed by atoms with Crippen LogP contribution in [0.2, 0.25) is 5.02 Å². The third kappa shape index (κ3) is 3.45. The molecule has 0 saturated carbocycles. The summed E-state index contributed by atoms with van der Waals surface area (Å²) in [6.45, 7) is 6.59. The van der Waals surface area contributed by atoms with Gasteiger partial charge in [0.25, 0.3) is 0 Å². The lowest BCUT2D eigenvalue weighted by atomic mass is 9.95. The van der Waals surface area contributed by atoms with Crippen molar-refractivity contribution < 1.29 is 0 Å². The van der Waals surface area contributed by atoms with Gasteiger partial charge in [-0.15, -0.1) is 0 Å². The number of hydrogen-bond donors (Lipinski definition) is 0. The predicted molar refractivity (Wildman–Crippen MR) is 92.1 cm³/mol. The molecule has 0 aliphatic carbocycles. The zero-order valence-corrected chi connectivity index (χ0v) is 14.5. The normalized spacial score (nSPS) is 14.1. The maximum absolute atomic E-state index is 6.02. The van der Waals surface area contributed by atoms with Gasteiger partial charge in [0.2, 0.25) is 0 Å². The highest BCUT2D eigenvalue weighted by atomic mass is 79.9. The molecule has 0 aliphatic rings. The van der Waals surface area contributed by atoms with Crippen LogP contribution in [0.25, 0.3) is 0 Å². The molecule has 106 valence electrons. The summed E-state index contributed by atoms with van der Waals surface area (Å²) >= 11 is 9.83. The fraction of sp³-hybridized carbons (Fsp3) is 0.333. The lowest BCUT2D eigenvalue weighted by Gasteiger charge is -2.15. The van der Waals surface area contributed by atoms with E-state index in [1.54, 1.807) is 0 Å². The van der Waals surface area contributed by atoms with Crippen molar-refractivity contribution in [3.8, 4) is 0 Å². The molecule has 0 aliphatic heterocycles. The summed E-state index contributed by atoms with van der Waals surface area (Å²) < 4.78 is 0. The molecule has 2 atom stereocenters. The lowest BCUT2D eigenvalue weighted by molar-refractivity contribution is 0.733. The van der Waals surface area contributed by atoms with Crippen LogP contribution in [0, 0.1) is 6.92 Å². The first kappa shape index (κ1) is 15.6. The van der Waals surface area contributed by atoms with Crippen LogP contribution >= 0.6 is 27.5 Å². The lowest BCUT2D eigenvalue weighted by Crippen LogP contribution is -1.97. The molecule has 0 aromatic heterocycles. The van der Waals surface area contributed by atoms with Crippen molar-refractivity contribution in [1.82, 2.24) is 0 Å². The second-order valence-corrected chi connectivity index (χ2v) is 6.69. The molecule has 0 bridgehead atoms. The second-order valence-electron chi connectivity index (χ2n) is 5.34. The van der Waals surface area contributed by atoms with E-state index in [-0.39, 0.29) is 4.83 Å². The van der Waals surface area contributed by atoms with Crippen LogP contribution in [-0.4, -0.2) is 0 Å². The SMILES string of the molecule is CCC(C)c1ccc(C(Br)c2ccc(Cl)cc2C)cc1. The van der Waals surface area contributed by atoms with Gasteiger partial charge in [-0.25, -0.2) is 0 Å². The summed E-state index contributed by atoms with van der Waals surface area (Å²) in [6, 6.07) is 15.0. The Morgan fingerprint density at radius 2 is 1.65 bits per heavy atom. The van der Waals surface area contributed by atoms with Crippen molar-refractivity contribution in [2.75, 3.05) is 0 Å². The van der Waals surface area contributed by atoms with Gasteiger partial charge >= 0.3 is 0 Å². The van der Waals surface area contributed by atoms with Gasteiger partial charge in [0.1, 0.15) is 0 Å². The Bertz CT molecular complexity index is 574. The molecular weight excluding hydrogens is 332 g/mol. The van der Waals surface area contributed by atoms with Gasteiger partial charge in [-0.3, -0.25) is 0 Å². The second kappa shape index (κ2) is 6.78. The van der Waals surface area contributed by atoms with Crippen LogP contribution in [0.15, 0.2) is 42.5 Å². The maximum atomic E-state index is 6.02. The zero-order valence-electron chi connectivity index (χ0n) is 12.2. The Morgan fingerprint density at radius 1 is 1.05 bits per heavy atom. The summed E-state index contributed by atoms with van der Waals surface area (Å²) in [5, 5.41) is 0.790. The van der Waals surface area contributed by atoms with Crippen molar-refractivity contribution in [2.45, 2.75) is 37.9 Å². The van der Waals surface area contributed by atoms with Crippen LogP contribution in [0.3, 0.4) is 0 Å². The van der Waals surface area contributed by atoms with E-state index in [1.807, 2.05) is 12.1 Å². The van der Waals surface area contributed by atoms with Crippen molar-refractivity contribution in [2.24, 2.45) is 0 Å². The molecule has 2 unspecified atom stereocenters. The molecule has 2 aromatic rings. The summed E-state index contributed by atoms with van der Waals surface area (Å²) in [6.07, 6.45) is 1.17. The third-order valence-electron chi connectivity index (χ3n) is 3.92. The minimum Gasteiger partial charge on any atom is -0.0843 e. The number of alkyl halides is 1. The Labute approximate surface area is 135 Å². The number of halogens is 2. The van der Waals surface area contributed by atoms with E-state index in [4.69, 9.17) is 11.6 Å². The molecule has 0 spiro atoms. The van der Waals surface area contributed by atoms with E-state index in [1.165, 1.54) is 28.7 Å². The van der Waals surface area contributed by atoms with E-state index >= 15 is 0 Å². The standard InChI is InChI=1S/C18H20BrCl/c1-4-12(2)14-5-7-15(8-6-14)18(19)17-10-9-16(20)11-13(17)3/h5-12,18H,4H2,1-3H3. The Kier molecular flexibility index (Phi) is 5.29. The highest BCUT2D eigenvalue weighted by molar-refractivity contribution is 9.09. The fourth-order valence-electron chi connectivity index (χ4n) is 2.33. The fourth-order valence-corrected chi connectivity index (χ4v) is 3.38. The first-order valence-electron chi connectivity index (χ1n) is 7.03. The molecule has 0 saturated heterocycles. The highest BCUT2D eigenvalue weighted by Crippen LogP contribution is 2.34. The van der Waals surface area contributed by atoms with Crippen molar-refractivity contribution in [3.63, 3.8) is 0 Å². The van der Waals surface area contributed by atoms with Crippen molar-refractivity contribution in [1.29, 1.82) is 0 Å². The first-order chi connectivity index (χ1) is 9.52. The van der Waals surface area contributed by atoms with Gasteiger partial charge in [0.05, 0.1) is 4.83 Å². The molecule has 2 rings (SSSR count). The van der Waals surface area contributed by atoms with Gasteiger partial charge < -0.3 is 0 Å². The van der Waals surface area contributed by atoms with E-state index < -0.39 is 0 Å². The molecule has 0 amide bonds. The monoisotopic (exact) mass is 350 g/mol. The highest BCUT2D eigenvalue weighted by Gasteiger charge is 2.13. The summed E-state index contributed by atoms with van der Waals surface area (Å²) in [5.41, 5.74) is 5.17. The number of benzene rings is 2. The molecular formula is C18H20BrCl. The smallest absolute Gasteiger partial charge is 0.0647 e. The van der Waals surface area contributed by atoms with E-state index in [9.17, 15) is 0 Å². The number of hydrogen-bond acceptors (Lipinski definition) is 0. The molecule has 0 radical (unpaired) electrons. The van der Waals surface area contributed by atoms with Gasteiger partial charge in [-0.05, 0) is 53.6 Å². The van der Waals surface area contributed by atoms with Crippen LogP contribution in [0.5, 0.6) is 0 Å². The van der Waals surface area contributed by atoms with Gasteiger partial charge in [0.15, 0.2) is 0 Å². The topological polar surface area (TPSA) is 0 Å². The quantitative estimate of drug-likeness (QED) is 0.541. The molecule has 0 heterocycles. The summed E-state index contributed by atoms with van der Waals surface area (Å²) in [7, 11) is 0.